The summed E-state index contributed by atoms with van der Waals surface area (Å²) in [5, 5.41) is -0.160. The van der Waals surface area contributed by atoms with Gasteiger partial charge >= 0.3 is 0 Å². The minimum atomic E-state index is -3.53. The summed E-state index contributed by atoms with van der Waals surface area (Å²) in [5.41, 5.74) is 1.79. The van der Waals surface area contributed by atoms with Gasteiger partial charge in [0.05, 0.1) is 10.1 Å². The maximum absolute atomic E-state index is 12.8. The van der Waals surface area contributed by atoms with E-state index in [9.17, 15) is 13.2 Å². The number of carbonyl (C=O) groups excluding carboxylic acids is 1. The molecule has 1 aliphatic carbocycles. The maximum Gasteiger partial charge on any atom is 0.182 e. The summed E-state index contributed by atoms with van der Waals surface area (Å²) < 4.78 is 25.5. The number of carbonyl (C=O) groups is 1. The van der Waals surface area contributed by atoms with Gasteiger partial charge in [0, 0.05) is 16.9 Å². The molecule has 114 valence electrons. The van der Waals surface area contributed by atoms with Crippen LogP contribution >= 0.6 is 11.6 Å². The molecule has 3 atom stereocenters. The smallest absolute Gasteiger partial charge is 0.182 e. The molecule has 2 aromatic carbocycles. The summed E-state index contributed by atoms with van der Waals surface area (Å²) in [6.07, 6.45) is 0.738. The Morgan fingerprint density at radius 3 is 2.36 bits per heavy atom. The van der Waals surface area contributed by atoms with Gasteiger partial charge in [-0.05, 0) is 36.8 Å². The number of hydrogen-bond donors (Lipinski definition) is 0. The number of benzene rings is 2. The van der Waals surface area contributed by atoms with Gasteiger partial charge in [-0.3, -0.25) is 0 Å². The van der Waals surface area contributed by atoms with Gasteiger partial charge in [0.2, 0.25) is 0 Å². The van der Waals surface area contributed by atoms with Crippen LogP contribution < -0.4 is 0 Å². The van der Waals surface area contributed by atoms with E-state index in [-0.39, 0.29) is 10.8 Å². The molecule has 0 aromatic heterocycles. The number of halogens is 1. The van der Waals surface area contributed by atoms with Gasteiger partial charge < -0.3 is 4.79 Å². The van der Waals surface area contributed by atoms with Crippen molar-refractivity contribution in [2.24, 2.45) is 5.92 Å². The Morgan fingerprint density at radius 2 is 1.77 bits per heavy atom. The summed E-state index contributed by atoms with van der Waals surface area (Å²) in [5.74, 6) is -0.827. The third-order valence-corrected chi connectivity index (χ3v) is 6.59. The summed E-state index contributed by atoms with van der Waals surface area (Å²) >= 11 is 5.97. The van der Waals surface area contributed by atoms with E-state index in [0.717, 1.165) is 17.4 Å². The normalized spacial score (nSPS) is 24.0. The molecule has 0 amide bonds. The number of aryl methyl sites for hydroxylation is 1. The van der Waals surface area contributed by atoms with E-state index in [2.05, 4.69) is 0 Å². The molecule has 0 unspecified atom stereocenters. The van der Waals surface area contributed by atoms with Crippen LogP contribution in [0.5, 0.6) is 0 Å². The van der Waals surface area contributed by atoms with Gasteiger partial charge in [0.15, 0.2) is 9.84 Å². The van der Waals surface area contributed by atoms with E-state index in [1.807, 2.05) is 13.0 Å². The Hall–Kier alpha value is -1.65. The molecule has 0 bridgehead atoms. The van der Waals surface area contributed by atoms with Crippen molar-refractivity contribution in [1.29, 1.82) is 0 Å². The van der Waals surface area contributed by atoms with Crippen LogP contribution in [0.2, 0.25) is 5.02 Å². The first-order valence-corrected chi connectivity index (χ1v) is 8.89. The predicted octanol–water partition coefficient (Wildman–Crippen LogP) is 3.40. The second-order valence-electron chi connectivity index (χ2n) is 5.62. The Labute approximate surface area is 134 Å². The molecule has 1 aliphatic rings. The minimum Gasteiger partial charge on any atom is -0.303 e. The number of hydrogen-bond acceptors (Lipinski definition) is 3. The fourth-order valence-electron chi connectivity index (χ4n) is 2.88. The quantitative estimate of drug-likeness (QED) is 0.805. The first-order chi connectivity index (χ1) is 10.4. The Kier molecular flexibility index (Phi) is 3.83. The molecular weight excluding hydrogens is 320 g/mol. The van der Waals surface area contributed by atoms with Crippen LogP contribution in [0.3, 0.4) is 0 Å². The zero-order chi connectivity index (χ0) is 15.9. The van der Waals surface area contributed by atoms with Crippen molar-refractivity contribution in [3.05, 3.63) is 64.7 Å². The van der Waals surface area contributed by atoms with Crippen molar-refractivity contribution in [2.45, 2.75) is 23.0 Å². The lowest BCUT2D eigenvalue weighted by Gasteiger charge is -2.05. The van der Waals surface area contributed by atoms with E-state index in [4.69, 9.17) is 11.6 Å². The SMILES string of the molecule is Cc1ccc(S(=O)(=O)[C@H]2[C@@H](C=O)[C@@H]2c2cccc(Cl)c2)cc1. The van der Waals surface area contributed by atoms with Gasteiger partial charge in [0.1, 0.15) is 6.29 Å². The molecule has 0 heterocycles. The highest BCUT2D eigenvalue weighted by Crippen LogP contribution is 2.53. The molecule has 1 saturated carbocycles. The molecule has 1 fully saturated rings. The standard InChI is InChI=1S/C17H15ClO3S/c1-11-5-7-14(8-6-11)22(20,21)17-15(10-19)16(17)12-3-2-4-13(18)9-12/h2-10,15-17H,1H3/t15-,16-,17-/m0/s1. The van der Waals surface area contributed by atoms with Crippen LogP contribution in [0.25, 0.3) is 0 Å². The maximum atomic E-state index is 12.8. The third kappa shape index (κ3) is 2.57. The highest BCUT2D eigenvalue weighted by molar-refractivity contribution is 7.92. The summed E-state index contributed by atoms with van der Waals surface area (Å²) in [6, 6.07) is 13.8. The highest BCUT2D eigenvalue weighted by atomic mass is 35.5. The van der Waals surface area contributed by atoms with E-state index in [1.54, 1.807) is 42.5 Å². The zero-order valence-electron chi connectivity index (χ0n) is 11.9. The first-order valence-electron chi connectivity index (χ1n) is 6.96. The number of sulfone groups is 1. The summed E-state index contributed by atoms with van der Waals surface area (Å²) in [4.78, 5) is 11.5. The van der Waals surface area contributed by atoms with E-state index >= 15 is 0 Å². The van der Waals surface area contributed by atoms with Crippen LogP contribution in [-0.4, -0.2) is 20.0 Å². The lowest BCUT2D eigenvalue weighted by atomic mass is 10.1. The van der Waals surface area contributed by atoms with Crippen LogP contribution in [0.1, 0.15) is 17.0 Å². The molecule has 0 N–H and O–H groups in total. The second kappa shape index (κ2) is 5.52. The molecule has 0 saturated heterocycles. The molecule has 2 aromatic rings. The molecule has 0 aliphatic heterocycles. The van der Waals surface area contributed by atoms with Crippen molar-refractivity contribution in [2.75, 3.05) is 0 Å². The monoisotopic (exact) mass is 334 g/mol. The fraction of sp³-hybridized carbons (Fsp3) is 0.235. The van der Waals surface area contributed by atoms with Crippen molar-refractivity contribution in [1.82, 2.24) is 0 Å². The number of aldehydes is 1. The Bertz CT molecular complexity index is 812. The first kappa shape index (κ1) is 15.3. The van der Waals surface area contributed by atoms with E-state index < -0.39 is 21.0 Å². The second-order valence-corrected chi connectivity index (χ2v) is 8.16. The largest absolute Gasteiger partial charge is 0.303 e. The van der Waals surface area contributed by atoms with E-state index in [1.165, 1.54) is 0 Å². The van der Waals surface area contributed by atoms with Crippen LogP contribution in [0.4, 0.5) is 0 Å². The van der Waals surface area contributed by atoms with Crippen molar-refractivity contribution in [3.8, 4) is 0 Å². The topological polar surface area (TPSA) is 51.2 Å². The van der Waals surface area contributed by atoms with Crippen LogP contribution in [0.15, 0.2) is 53.4 Å². The molecule has 3 rings (SSSR count). The molecule has 22 heavy (non-hydrogen) atoms. The van der Waals surface area contributed by atoms with Gasteiger partial charge in [0.25, 0.3) is 0 Å². The van der Waals surface area contributed by atoms with Gasteiger partial charge in [-0.1, -0.05) is 41.4 Å². The summed E-state index contributed by atoms with van der Waals surface area (Å²) in [7, 11) is -3.53. The van der Waals surface area contributed by atoms with Crippen molar-refractivity contribution >= 4 is 27.7 Å². The Balaban J connectivity index is 1.97. The number of rotatable bonds is 4. The minimum absolute atomic E-state index is 0.263. The average molecular weight is 335 g/mol. The van der Waals surface area contributed by atoms with Crippen LogP contribution in [-0.2, 0) is 14.6 Å². The average Bonchev–Trinajstić information content (AvgIpc) is 3.23. The molecule has 0 spiro atoms. The molecular formula is C17H15ClO3S. The van der Waals surface area contributed by atoms with Gasteiger partial charge in [-0.2, -0.15) is 0 Å². The van der Waals surface area contributed by atoms with Crippen molar-refractivity contribution in [3.63, 3.8) is 0 Å². The predicted molar refractivity (Wildman–Crippen MR) is 85.9 cm³/mol. The molecule has 3 nitrogen and oxygen atoms in total. The fourth-order valence-corrected chi connectivity index (χ4v) is 5.19. The molecule has 5 heteroatoms. The summed E-state index contributed by atoms with van der Waals surface area (Å²) in [6.45, 7) is 1.90. The molecule has 0 radical (unpaired) electrons. The van der Waals surface area contributed by atoms with Crippen LogP contribution in [0, 0.1) is 12.8 Å². The third-order valence-electron chi connectivity index (χ3n) is 4.11. The van der Waals surface area contributed by atoms with Crippen molar-refractivity contribution < 1.29 is 13.2 Å². The van der Waals surface area contributed by atoms with E-state index in [0.29, 0.717) is 5.02 Å². The van der Waals surface area contributed by atoms with Gasteiger partial charge in [-0.25, -0.2) is 8.42 Å². The highest BCUT2D eigenvalue weighted by Gasteiger charge is 2.59. The Morgan fingerprint density at radius 1 is 1.09 bits per heavy atom. The lowest BCUT2D eigenvalue weighted by molar-refractivity contribution is -0.108. The van der Waals surface area contributed by atoms with Gasteiger partial charge in [-0.15, -0.1) is 0 Å². The lowest BCUT2D eigenvalue weighted by Crippen LogP contribution is -2.11. The zero-order valence-corrected chi connectivity index (χ0v) is 13.5.